The van der Waals surface area contributed by atoms with Crippen molar-refractivity contribution in [2.45, 2.75) is 65.5 Å². The van der Waals surface area contributed by atoms with Gasteiger partial charge in [0.2, 0.25) is 0 Å². The Balaban J connectivity index is 2.41. The van der Waals surface area contributed by atoms with Crippen molar-refractivity contribution < 1.29 is 0 Å². The predicted molar refractivity (Wildman–Crippen MR) is 68.7 cm³/mol. The van der Waals surface area contributed by atoms with Crippen molar-refractivity contribution in [2.24, 2.45) is 0 Å². The van der Waals surface area contributed by atoms with Gasteiger partial charge in [0.1, 0.15) is 0 Å². The summed E-state index contributed by atoms with van der Waals surface area (Å²) in [5.74, 6) is 0.954. The van der Waals surface area contributed by atoms with Crippen molar-refractivity contribution in [1.29, 1.82) is 0 Å². The van der Waals surface area contributed by atoms with Gasteiger partial charge in [-0.05, 0) is 36.7 Å². The monoisotopic (exact) mass is 239 g/mol. The fourth-order valence-corrected chi connectivity index (χ4v) is 1.82. The van der Waals surface area contributed by atoms with Gasteiger partial charge in [-0.1, -0.05) is 33.1 Å². The van der Waals surface area contributed by atoms with E-state index in [2.05, 4.69) is 41.6 Å². The quantitative estimate of drug-likeness (QED) is 0.672. The van der Waals surface area contributed by atoms with Crippen molar-refractivity contribution in [3.05, 3.63) is 5.82 Å². The van der Waals surface area contributed by atoms with Crippen LogP contribution in [0.3, 0.4) is 0 Å². The first-order chi connectivity index (χ1) is 8.29. The maximum atomic E-state index is 4.11. The van der Waals surface area contributed by atoms with E-state index in [0.717, 1.165) is 31.8 Å². The van der Waals surface area contributed by atoms with Crippen LogP contribution in [0.25, 0.3) is 0 Å². The summed E-state index contributed by atoms with van der Waals surface area (Å²) in [6.07, 6.45) is 6.10. The van der Waals surface area contributed by atoms with Gasteiger partial charge in [0.05, 0.1) is 6.04 Å². The number of hydrogen-bond donors (Lipinski definition) is 1. The summed E-state index contributed by atoms with van der Waals surface area (Å²) in [4.78, 5) is 0. The number of nitrogens with zero attached hydrogens (tertiary/aromatic N) is 4. The molecule has 0 spiro atoms. The maximum Gasteiger partial charge on any atom is 0.167 e. The molecule has 0 aliphatic rings. The Morgan fingerprint density at radius 3 is 2.71 bits per heavy atom. The van der Waals surface area contributed by atoms with Gasteiger partial charge in [0, 0.05) is 6.54 Å². The summed E-state index contributed by atoms with van der Waals surface area (Å²) in [5, 5.41) is 15.4. The number of nitrogens with one attached hydrogen (secondary N) is 1. The third kappa shape index (κ3) is 4.81. The molecule has 0 amide bonds. The number of tetrazole rings is 1. The molecule has 98 valence electrons. The van der Waals surface area contributed by atoms with Crippen LogP contribution in [0.5, 0.6) is 0 Å². The second-order valence-electron chi connectivity index (χ2n) is 4.50. The van der Waals surface area contributed by atoms with Gasteiger partial charge in [-0.3, -0.25) is 0 Å². The zero-order chi connectivity index (χ0) is 12.5. The fraction of sp³-hybridized carbons (Fsp3) is 0.917. The van der Waals surface area contributed by atoms with Gasteiger partial charge < -0.3 is 5.32 Å². The van der Waals surface area contributed by atoms with E-state index >= 15 is 0 Å². The van der Waals surface area contributed by atoms with Crippen LogP contribution in [0.2, 0.25) is 0 Å². The molecule has 0 saturated carbocycles. The summed E-state index contributed by atoms with van der Waals surface area (Å²) in [6, 6.07) is 0.233. The van der Waals surface area contributed by atoms with Gasteiger partial charge in [0.25, 0.3) is 0 Å². The molecular weight excluding hydrogens is 214 g/mol. The average Bonchev–Trinajstić information content (AvgIpc) is 2.80. The second kappa shape index (κ2) is 8.17. The summed E-state index contributed by atoms with van der Waals surface area (Å²) in [6.45, 7) is 8.43. The largest absolute Gasteiger partial charge is 0.307 e. The topological polar surface area (TPSA) is 55.6 Å². The lowest BCUT2D eigenvalue weighted by Crippen LogP contribution is -2.23. The molecule has 1 aromatic rings. The van der Waals surface area contributed by atoms with Gasteiger partial charge in [0.15, 0.2) is 5.82 Å². The highest BCUT2D eigenvalue weighted by molar-refractivity contribution is 4.89. The molecule has 1 N–H and O–H groups in total. The summed E-state index contributed by atoms with van der Waals surface area (Å²) in [7, 11) is 0. The Kier molecular flexibility index (Phi) is 6.77. The van der Waals surface area contributed by atoms with Crippen LogP contribution in [-0.2, 0) is 6.54 Å². The number of rotatable bonds is 9. The first-order valence-corrected chi connectivity index (χ1v) is 6.79. The van der Waals surface area contributed by atoms with Crippen LogP contribution in [0.15, 0.2) is 0 Å². The molecule has 0 aliphatic carbocycles. The van der Waals surface area contributed by atoms with Crippen molar-refractivity contribution in [3.8, 4) is 0 Å². The maximum absolute atomic E-state index is 4.11. The molecule has 0 fully saturated rings. The molecule has 1 unspecified atom stereocenters. The molecule has 0 aliphatic heterocycles. The smallest absolute Gasteiger partial charge is 0.167 e. The Bertz CT molecular complexity index is 297. The van der Waals surface area contributed by atoms with E-state index < -0.39 is 0 Å². The van der Waals surface area contributed by atoms with E-state index in [1.165, 1.54) is 19.3 Å². The zero-order valence-corrected chi connectivity index (χ0v) is 11.3. The van der Waals surface area contributed by atoms with Crippen LogP contribution in [-0.4, -0.2) is 26.8 Å². The highest BCUT2D eigenvalue weighted by Gasteiger charge is 2.12. The first kappa shape index (κ1) is 14.1. The average molecular weight is 239 g/mol. The summed E-state index contributed by atoms with van der Waals surface area (Å²) < 4.78 is 1.93. The molecule has 0 radical (unpaired) electrons. The lowest BCUT2D eigenvalue weighted by Gasteiger charge is -2.12. The van der Waals surface area contributed by atoms with Crippen LogP contribution in [0.4, 0.5) is 0 Å². The van der Waals surface area contributed by atoms with Gasteiger partial charge >= 0.3 is 0 Å². The molecule has 0 aromatic carbocycles. The van der Waals surface area contributed by atoms with Crippen LogP contribution < -0.4 is 5.32 Å². The highest BCUT2D eigenvalue weighted by atomic mass is 15.5. The number of aryl methyl sites for hydroxylation is 1. The molecule has 1 aromatic heterocycles. The van der Waals surface area contributed by atoms with Crippen LogP contribution in [0, 0.1) is 0 Å². The Hall–Kier alpha value is -0.970. The van der Waals surface area contributed by atoms with Crippen LogP contribution in [0.1, 0.15) is 64.7 Å². The van der Waals surface area contributed by atoms with E-state index in [1.54, 1.807) is 0 Å². The molecule has 1 heterocycles. The normalized spacial score (nSPS) is 12.9. The molecule has 0 bridgehead atoms. The van der Waals surface area contributed by atoms with Crippen LogP contribution >= 0.6 is 0 Å². The molecule has 0 saturated heterocycles. The van der Waals surface area contributed by atoms with Crippen molar-refractivity contribution >= 4 is 0 Å². The van der Waals surface area contributed by atoms with E-state index in [0.29, 0.717) is 0 Å². The Morgan fingerprint density at radius 1 is 1.18 bits per heavy atom. The Labute approximate surface area is 104 Å². The second-order valence-corrected chi connectivity index (χ2v) is 4.50. The van der Waals surface area contributed by atoms with E-state index in [-0.39, 0.29) is 6.04 Å². The molecule has 17 heavy (non-hydrogen) atoms. The zero-order valence-electron chi connectivity index (χ0n) is 11.3. The molecule has 1 rings (SSSR count). The standard InChI is InChI=1S/C12H25N5/c1-4-6-7-8-10-17-12(14-15-16-17)11(3)13-9-5-2/h11,13H,4-10H2,1-3H3. The van der Waals surface area contributed by atoms with Crippen molar-refractivity contribution in [3.63, 3.8) is 0 Å². The van der Waals surface area contributed by atoms with E-state index in [4.69, 9.17) is 0 Å². The minimum absolute atomic E-state index is 0.233. The lowest BCUT2D eigenvalue weighted by molar-refractivity contribution is 0.466. The molecule has 1 atom stereocenters. The van der Waals surface area contributed by atoms with Gasteiger partial charge in [-0.2, -0.15) is 0 Å². The van der Waals surface area contributed by atoms with Crippen molar-refractivity contribution in [2.75, 3.05) is 6.54 Å². The number of unbranched alkanes of at least 4 members (excludes halogenated alkanes) is 3. The minimum atomic E-state index is 0.233. The Morgan fingerprint density at radius 2 is 2.00 bits per heavy atom. The SMILES string of the molecule is CCCCCCn1nnnc1C(C)NCCC. The third-order valence-electron chi connectivity index (χ3n) is 2.87. The van der Waals surface area contributed by atoms with E-state index in [9.17, 15) is 0 Å². The van der Waals surface area contributed by atoms with Crippen molar-refractivity contribution in [1.82, 2.24) is 25.5 Å². The van der Waals surface area contributed by atoms with Gasteiger partial charge in [-0.25, -0.2) is 4.68 Å². The first-order valence-electron chi connectivity index (χ1n) is 6.79. The minimum Gasteiger partial charge on any atom is -0.307 e. The summed E-state index contributed by atoms with van der Waals surface area (Å²) >= 11 is 0. The lowest BCUT2D eigenvalue weighted by atomic mass is 10.2. The third-order valence-corrected chi connectivity index (χ3v) is 2.87. The highest BCUT2D eigenvalue weighted by Crippen LogP contribution is 2.09. The predicted octanol–water partition coefficient (Wildman–Crippen LogP) is 2.31. The molecule has 5 nitrogen and oxygen atoms in total. The summed E-state index contributed by atoms with van der Waals surface area (Å²) in [5.41, 5.74) is 0. The number of aromatic nitrogens is 4. The fourth-order valence-electron chi connectivity index (χ4n) is 1.82. The molecule has 5 heteroatoms. The molecular formula is C12H25N5. The number of hydrogen-bond acceptors (Lipinski definition) is 4. The van der Waals surface area contributed by atoms with Gasteiger partial charge in [-0.15, -0.1) is 5.10 Å². The van der Waals surface area contributed by atoms with E-state index in [1.807, 2.05) is 4.68 Å².